The van der Waals surface area contributed by atoms with Crippen LogP contribution >= 0.6 is 23.4 Å². The summed E-state index contributed by atoms with van der Waals surface area (Å²) in [6, 6.07) is 25.3. The molecule has 0 aliphatic carbocycles. The molecule has 0 fully saturated rings. The Bertz CT molecular complexity index is 1260. The molecule has 5 rings (SSSR count). The van der Waals surface area contributed by atoms with Crippen LogP contribution in [0, 0.1) is 6.92 Å². The van der Waals surface area contributed by atoms with Gasteiger partial charge in [0.15, 0.2) is 5.82 Å². The van der Waals surface area contributed by atoms with E-state index in [1.54, 1.807) is 0 Å². The lowest BCUT2D eigenvalue weighted by Crippen LogP contribution is -2.43. The summed E-state index contributed by atoms with van der Waals surface area (Å²) in [7, 11) is 0. The molecule has 166 valence electrons. The van der Waals surface area contributed by atoms with Crippen molar-refractivity contribution < 1.29 is 4.79 Å². The summed E-state index contributed by atoms with van der Waals surface area (Å²) in [4.78, 5) is 13.3. The lowest BCUT2D eigenvalue weighted by atomic mass is 10.0. The highest BCUT2D eigenvalue weighted by Crippen LogP contribution is 2.38. The maximum Gasteiger partial charge on any atom is 0.236 e. The minimum Gasteiger partial charge on any atom is -0.351 e. The number of carbonyl (C=O) groups excluding carboxylic acids is 1. The molecule has 8 heteroatoms. The average Bonchev–Trinajstić information content (AvgIpc) is 3.27. The van der Waals surface area contributed by atoms with Crippen LogP contribution < -0.4 is 10.7 Å². The van der Waals surface area contributed by atoms with E-state index < -0.39 is 5.25 Å². The molecule has 0 bridgehead atoms. The number of fused-ring (bicyclic) bond motifs is 1. The van der Waals surface area contributed by atoms with Crippen molar-refractivity contribution >= 4 is 29.3 Å². The highest BCUT2D eigenvalue weighted by molar-refractivity contribution is 8.00. The van der Waals surface area contributed by atoms with Crippen molar-refractivity contribution in [2.75, 3.05) is 5.43 Å². The van der Waals surface area contributed by atoms with Crippen LogP contribution in [-0.2, 0) is 11.3 Å². The number of aryl methyl sites for hydroxylation is 1. The smallest absolute Gasteiger partial charge is 0.236 e. The first-order valence-corrected chi connectivity index (χ1v) is 11.9. The molecule has 4 aromatic rings. The molecule has 33 heavy (non-hydrogen) atoms. The van der Waals surface area contributed by atoms with Gasteiger partial charge in [-0.1, -0.05) is 95.7 Å². The molecule has 1 aliphatic rings. The van der Waals surface area contributed by atoms with Gasteiger partial charge in [-0.05, 0) is 30.2 Å². The Morgan fingerprint density at radius 1 is 1.03 bits per heavy atom. The molecule has 0 radical (unpaired) electrons. The highest BCUT2D eigenvalue weighted by Gasteiger charge is 2.37. The molecule has 3 aromatic carbocycles. The third-order valence-electron chi connectivity index (χ3n) is 5.54. The van der Waals surface area contributed by atoms with E-state index in [2.05, 4.69) is 20.9 Å². The van der Waals surface area contributed by atoms with Crippen LogP contribution in [0.3, 0.4) is 0 Å². The van der Waals surface area contributed by atoms with Crippen molar-refractivity contribution in [2.24, 2.45) is 0 Å². The van der Waals surface area contributed by atoms with E-state index in [1.807, 2.05) is 90.5 Å². The summed E-state index contributed by atoms with van der Waals surface area (Å²) in [5.41, 5.74) is 7.63. The molecule has 1 aromatic heterocycles. The molecule has 2 heterocycles. The number of benzene rings is 3. The summed E-state index contributed by atoms with van der Waals surface area (Å²) < 4.78 is 1.86. The minimum atomic E-state index is -0.433. The molecule has 0 saturated heterocycles. The zero-order chi connectivity index (χ0) is 22.8. The van der Waals surface area contributed by atoms with Gasteiger partial charge in [-0.25, -0.2) is 4.68 Å². The van der Waals surface area contributed by atoms with Crippen molar-refractivity contribution in [3.63, 3.8) is 0 Å². The number of carbonyl (C=O) groups is 1. The number of hydrogen-bond donors (Lipinski definition) is 2. The normalized spacial score (nSPS) is 17.2. The number of hydrogen-bond acceptors (Lipinski definition) is 5. The second-order valence-corrected chi connectivity index (χ2v) is 9.45. The Kier molecular flexibility index (Phi) is 6.07. The van der Waals surface area contributed by atoms with Crippen molar-refractivity contribution in [3.8, 4) is 11.4 Å². The van der Waals surface area contributed by atoms with Gasteiger partial charge in [-0.15, -0.1) is 10.2 Å². The lowest BCUT2D eigenvalue weighted by Gasteiger charge is -2.33. The van der Waals surface area contributed by atoms with Crippen molar-refractivity contribution in [2.45, 2.75) is 29.9 Å². The van der Waals surface area contributed by atoms with Gasteiger partial charge in [0.05, 0.1) is 6.04 Å². The zero-order valence-electron chi connectivity index (χ0n) is 17.9. The fraction of sp³-hybridized carbons (Fsp3) is 0.160. The monoisotopic (exact) mass is 475 g/mol. The van der Waals surface area contributed by atoms with Gasteiger partial charge in [0.2, 0.25) is 11.1 Å². The van der Waals surface area contributed by atoms with Gasteiger partial charge >= 0.3 is 0 Å². The maximum absolute atomic E-state index is 13.3. The Labute approximate surface area is 201 Å². The van der Waals surface area contributed by atoms with Gasteiger partial charge in [0.25, 0.3) is 0 Å². The van der Waals surface area contributed by atoms with Crippen LogP contribution in [0.2, 0.25) is 5.02 Å². The topological polar surface area (TPSA) is 71.8 Å². The van der Waals surface area contributed by atoms with Crippen molar-refractivity contribution in [1.82, 2.24) is 20.2 Å². The van der Waals surface area contributed by atoms with Crippen LogP contribution in [0.5, 0.6) is 0 Å². The number of rotatable bonds is 5. The third kappa shape index (κ3) is 4.60. The van der Waals surface area contributed by atoms with Crippen molar-refractivity contribution in [3.05, 3.63) is 101 Å². The molecule has 1 aliphatic heterocycles. The first kappa shape index (κ1) is 21.6. The van der Waals surface area contributed by atoms with E-state index in [0.29, 0.717) is 22.5 Å². The van der Waals surface area contributed by atoms with Gasteiger partial charge in [0.1, 0.15) is 5.25 Å². The molecule has 6 nitrogen and oxygen atoms in total. The largest absolute Gasteiger partial charge is 0.351 e. The Morgan fingerprint density at radius 3 is 2.48 bits per heavy atom. The summed E-state index contributed by atoms with van der Waals surface area (Å²) in [5.74, 6) is 0.638. The molecular formula is C25H22ClN5OS. The van der Waals surface area contributed by atoms with Gasteiger partial charge in [-0.2, -0.15) is 0 Å². The quantitative estimate of drug-likeness (QED) is 0.426. The molecule has 0 saturated carbocycles. The standard InChI is InChI=1S/C25H22ClN5OS/c1-16-7-9-17(10-8-16)15-27-24(32)22-21(18-11-13-20(26)14-12-18)30-31-23(28-29-25(31)33-22)19-5-3-2-4-6-19/h2-14,21-22,30H,15H2,1H3,(H,27,32)/t21-,22-/m0/s1. The third-order valence-corrected chi connectivity index (χ3v) is 7.01. The summed E-state index contributed by atoms with van der Waals surface area (Å²) in [6.45, 7) is 2.51. The first-order valence-electron chi connectivity index (χ1n) is 10.6. The number of aromatic nitrogens is 3. The molecule has 1 amide bonds. The average molecular weight is 476 g/mol. The van der Waals surface area contributed by atoms with Gasteiger partial charge < -0.3 is 10.7 Å². The lowest BCUT2D eigenvalue weighted by molar-refractivity contribution is -0.121. The van der Waals surface area contributed by atoms with E-state index in [4.69, 9.17) is 11.6 Å². The summed E-state index contributed by atoms with van der Waals surface area (Å²) in [6.07, 6.45) is 0. The number of halogens is 1. The summed E-state index contributed by atoms with van der Waals surface area (Å²) in [5, 5.41) is 12.7. The second kappa shape index (κ2) is 9.29. The van der Waals surface area contributed by atoms with Gasteiger partial charge in [0, 0.05) is 17.1 Å². The highest BCUT2D eigenvalue weighted by atomic mass is 35.5. The van der Waals surface area contributed by atoms with Crippen LogP contribution in [0.25, 0.3) is 11.4 Å². The van der Waals surface area contributed by atoms with E-state index in [1.165, 1.54) is 17.3 Å². The fourth-order valence-corrected chi connectivity index (χ4v) is 4.98. The van der Waals surface area contributed by atoms with E-state index in [9.17, 15) is 4.79 Å². The summed E-state index contributed by atoms with van der Waals surface area (Å²) >= 11 is 7.52. The minimum absolute atomic E-state index is 0.0662. The zero-order valence-corrected chi connectivity index (χ0v) is 19.5. The number of nitrogens with zero attached hydrogens (tertiary/aromatic N) is 3. The number of nitrogens with one attached hydrogen (secondary N) is 2. The van der Waals surface area contributed by atoms with Crippen LogP contribution in [0.1, 0.15) is 22.7 Å². The van der Waals surface area contributed by atoms with E-state index in [0.717, 1.165) is 16.7 Å². The fourth-order valence-electron chi connectivity index (χ4n) is 3.75. The van der Waals surface area contributed by atoms with Crippen molar-refractivity contribution in [1.29, 1.82) is 0 Å². The Morgan fingerprint density at radius 2 is 1.76 bits per heavy atom. The van der Waals surface area contributed by atoms with Crippen LogP contribution in [0.15, 0.2) is 84.0 Å². The van der Waals surface area contributed by atoms with E-state index in [-0.39, 0.29) is 11.9 Å². The molecule has 0 unspecified atom stereocenters. The predicted molar refractivity (Wildman–Crippen MR) is 132 cm³/mol. The molecule has 2 atom stereocenters. The first-order chi connectivity index (χ1) is 16.1. The molecule has 0 spiro atoms. The van der Waals surface area contributed by atoms with E-state index >= 15 is 0 Å². The maximum atomic E-state index is 13.3. The number of amides is 1. The Hall–Kier alpha value is -3.29. The molecule has 2 N–H and O–H groups in total. The van der Waals surface area contributed by atoms with Crippen LogP contribution in [-0.4, -0.2) is 26.0 Å². The molecular weight excluding hydrogens is 454 g/mol. The SMILES string of the molecule is Cc1ccc(CNC(=O)[C@H]2Sc3nnc(-c4ccccc4)n3N[C@H]2c2ccc(Cl)cc2)cc1. The number of thioether (sulfide) groups is 1. The second-order valence-electron chi connectivity index (χ2n) is 7.91. The predicted octanol–water partition coefficient (Wildman–Crippen LogP) is 4.98. The van der Waals surface area contributed by atoms with Gasteiger partial charge in [-0.3, -0.25) is 4.79 Å². The Balaban J connectivity index is 1.44. The van der Waals surface area contributed by atoms with Crippen LogP contribution in [0.4, 0.5) is 0 Å².